The Morgan fingerprint density at radius 3 is 2.31 bits per heavy atom. The van der Waals surface area contributed by atoms with Gasteiger partial charge in [-0.3, -0.25) is 9.48 Å². The number of hydrogen-bond donors (Lipinski definition) is 1. The van der Waals surface area contributed by atoms with Crippen LogP contribution in [0, 0.1) is 13.8 Å². The van der Waals surface area contributed by atoms with Gasteiger partial charge in [0.2, 0.25) is 0 Å². The van der Waals surface area contributed by atoms with E-state index in [-0.39, 0.29) is 12.5 Å². The Morgan fingerprint density at radius 1 is 1.00 bits per heavy atom. The lowest BCUT2D eigenvalue weighted by atomic mass is 10.2. The molecule has 0 aliphatic carbocycles. The van der Waals surface area contributed by atoms with E-state index in [0.717, 1.165) is 22.7 Å². The van der Waals surface area contributed by atoms with E-state index in [1.807, 2.05) is 55.8 Å². The topological polar surface area (TPSA) is 65.4 Å². The molecule has 3 rings (SSSR count). The highest BCUT2D eigenvalue weighted by Gasteiger charge is 2.13. The highest BCUT2D eigenvalue weighted by Crippen LogP contribution is 2.18. The second-order valence-electron chi connectivity index (χ2n) is 6.76. The van der Waals surface area contributed by atoms with Gasteiger partial charge in [-0.05, 0) is 50.6 Å². The summed E-state index contributed by atoms with van der Waals surface area (Å²) in [7, 11) is 0. The highest BCUT2D eigenvalue weighted by molar-refractivity contribution is 5.77. The summed E-state index contributed by atoms with van der Waals surface area (Å²) in [4.78, 5) is 12.2. The molecule has 0 atom stereocenters. The first-order valence-corrected chi connectivity index (χ1v) is 9.76. The molecule has 3 aromatic rings. The Hall–Kier alpha value is -3.28. The van der Waals surface area contributed by atoms with Crippen molar-refractivity contribution in [3.05, 3.63) is 77.1 Å². The maximum absolute atomic E-state index is 12.2. The monoisotopic (exact) mass is 393 g/mol. The molecule has 0 aliphatic heterocycles. The van der Waals surface area contributed by atoms with Crippen LogP contribution in [0.3, 0.4) is 0 Å². The number of carbonyl (C=O) groups is 1. The van der Waals surface area contributed by atoms with Gasteiger partial charge >= 0.3 is 0 Å². The molecule has 0 radical (unpaired) electrons. The van der Waals surface area contributed by atoms with Gasteiger partial charge < -0.3 is 14.8 Å². The van der Waals surface area contributed by atoms with Crippen LogP contribution in [0.5, 0.6) is 11.5 Å². The maximum Gasteiger partial charge on any atom is 0.258 e. The summed E-state index contributed by atoms with van der Waals surface area (Å²) in [6.07, 6.45) is 0. The number of ether oxygens (including phenoxy) is 2. The van der Waals surface area contributed by atoms with Crippen molar-refractivity contribution in [2.24, 2.45) is 0 Å². The number of aromatic nitrogens is 2. The Balaban J connectivity index is 1.52. The summed E-state index contributed by atoms with van der Waals surface area (Å²) in [5.74, 6) is 1.24. The van der Waals surface area contributed by atoms with E-state index in [1.54, 1.807) is 12.1 Å². The minimum atomic E-state index is -0.173. The molecule has 0 saturated carbocycles. The van der Waals surface area contributed by atoms with Gasteiger partial charge in [0, 0.05) is 17.8 Å². The van der Waals surface area contributed by atoms with Crippen LogP contribution in [0.25, 0.3) is 0 Å². The molecule has 1 aromatic heterocycles. The van der Waals surface area contributed by atoms with Crippen molar-refractivity contribution in [3.8, 4) is 11.5 Å². The molecule has 6 heteroatoms. The fraction of sp³-hybridized carbons (Fsp3) is 0.304. The molecule has 6 nitrogen and oxygen atoms in total. The van der Waals surface area contributed by atoms with Crippen LogP contribution in [0.1, 0.15) is 29.4 Å². The summed E-state index contributed by atoms with van der Waals surface area (Å²) >= 11 is 0. The zero-order valence-corrected chi connectivity index (χ0v) is 17.1. The van der Waals surface area contributed by atoms with Gasteiger partial charge in [0.15, 0.2) is 6.61 Å². The fourth-order valence-electron chi connectivity index (χ4n) is 3.09. The zero-order valence-electron chi connectivity index (χ0n) is 17.1. The lowest BCUT2D eigenvalue weighted by Gasteiger charge is -2.09. The maximum atomic E-state index is 12.2. The van der Waals surface area contributed by atoms with Gasteiger partial charge in [-0.1, -0.05) is 30.3 Å². The summed E-state index contributed by atoms with van der Waals surface area (Å²) < 4.78 is 12.9. The van der Waals surface area contributed by atoms with Crippen LogP contribution >= 0.6 is 0 Å². The smallest absolute Gasteiger partial charge is 0.258 e. The molecule has 0 unspecified atom stereocenters. The second kappa shape index (κ2) is 9.78. The van der Waals surface area contributed by atoms with E-state index in [4.69, 9.17) is 9.47 Å². The van der Waals surface area contributed by atoms with Crippen molar-refractivity contribution in [1.82, 2.24) is 15.1 Å². The number of benzene rings is 2. The average Bonchev–Trinajstić information content (AvgIpc) is 2.99. The molecule has 1 amide bonds. The van der Waals surface area contributed by atoms with E-state index in [2.05, 4.69) is 22.5 Å². The van der Waals surface area contributed by atoms with E-state index >= 15 is 0 Å². The van der Waals surface area contributed by atoms with Crippen LogP contribution < -0.4 is 14.8 Å². The molecule has 0 saturated heterocycles. The fourth-order valence-corrected chi connectivity index (χ4v) is 3.09. The summed E-state index contributed by atoms with van der Waals surface area (Å²) in [5, 5.41) is 7.54. The van der Waals surface area contributed by atoms with Gasteiger partial charge in [-0.15, -0.1) is 0 Å². The molecule has 1 heterocycles. The van der Waals surface area contributed by atoms with Gasteiger partial charge in [-0.2, -0.15) is 5.10 Å². The third-order valence-corrected chi connectivity index (χ3v) is 4.67. The number of carbonyl (C=O) groups excluding carboxylic acids is 1. The molecule has 29 heavy (non-hydrogen) atoms. The third kappa shape index (κ3) is 5.60. The zero-order chi connectivity index (χ0) is 20.6. The highest BCUT2D eigenvalue weighted by atomic mass is 16.5. The second-order valence-corrected chi connectivity index (χ2v) is 6.76. The molecular weight excluding hydrogens is 366 g/mol. The van der Waals surface area contributed by atoms with Crippen molar-refractivity contribution in [2.75, 3.05) is 13.2 Å². The minimum Gasteiger partial charge on any atom is -0.494 e. The first-order valence-electron chi connectivity index (χ1n) is 9.76. The standard InChI is InChI=1S/C23H27N3O3/c1-4-28-20-10-12-21(13-11-20)29-16-23(27)24-14-22-17(2)25-26(18(22)3)15-19-8-6-5-7-9-19/h5-13H,4,14-16H2,1-3H3,(H,24,27). The average molecular weight is 393 g/mol. The van der Waals surface area contributed by atoms with Crippen LogP contribution in [0.15, 0.2) is 54.6 Å². The normalized spacial score (nSPS) is 10.6. The Kier molecular flexibility index (Phi) is 6.89. The lowest BCUT2D eigenvalue weighted by Crippen LogP contribution is -2.28. The van der Waals surface area contributed by atoms with Crippen LogP contribution in [0.4, 0.5) is 0 Å². The Bertz CT molecular complexity index is 934. The number of hydrogen-bond acceptors (Lipinski definition) is 4. The molecule has 0 aliphatic rings. The largest absolute Gasteiger partial charge is 0.494 e. The quantitative estimate of drug-likeness (QED) is 0.603. The molecular formula is C23H27N3O3. The van der Waals surface area contributed by atoms with Gasteiger partial charge in [0.25, 0.3) is 5.91 Å². The predicted octanol–water partition coefficient (Wildman–Crippen LogP) is 3.64. The van der Waals surface area contributed by atoms with E-state index in [9.17, 15) is 4.79 Å². The predicted molar refractivity (Wildman–Crippen MR) is 112 cm³/mol. The summed E-state index contributed by atoms with van der Waals surface area (Å²) in [6, 6.07) is 17.4. The van der Waals surface area contributed by atoms with Crippen LogP contribution in [-0.4, -0.2) is 28.9 Å². The van der Waals surface area contributed by atoms with Gasteiger partial charge in [0.1, 0.15) is 11.5 Å². The van der Waals surface area contributed by atoms with Crippen LogP contribution in [0.2, 0.25) is 0 Å². The Labute approximate surface area is 171 Å². The Morgan fingerprint density at radius 2 is 1.66 bits per heavy atom. The molecule has 0 spiro atoms. The van der Waals surface area contributed by atoms with Gasteiger partial charge in [-0.25, -0.2) is 0 Å². The van der Waals surface area contributed by atoms with E-state index in [0.29, 0.717) is 25.4 Å². The number of rotatable bonds is 9. The van der Waals surface area contributed by atoms with Crippen LogP contribution in [-0.2, 0) is 17.9 Å². The minimum absolute atomic E-state index is 0.0375. The van der Waals surface area contributed by atoms with Crippen molar-refractivity contribution >= 4 is 5.91 Å². The lowest BCUT2D eigenvalue weighted by molar-refractivity contribution is -0.123. The van der Waals surface area contributed by atoms with E-state index in [1.165, 1.54) is 5.56 Å². The number of aryl methyl sites for hydroxylation is 1. The molecule has 2 aromatic carbocycles. The SMILES string of the molecule is CCOc1ccc(OCC(=O)NCc2c(C)nn(Cc3ccccc3)c2C)cc1. The van der Waals surface area contributed by atoms with Crippen molar-refractivity contribution < 1.29 is 14.3 Å². The summed E-state index contributed by atoms with van der Waals surface area (Å²) in [6.45, 7) is 7.64. The van der Waals surface area contributed by atoms with E-state index < -0.39 is 0 Å². The third-order valence-electron chi connectivity index (χ3n) is 4.67. The molecule has 0 fully saturated rings. The number of nitrogens with one attached hydrogen (secondary N) is 1. The molecule has 1 N–H and O–H groups in total. The first kappa shape index (κ1) is 20.5. The van der Waals surface area contributed by atoms with Crippen molar-refractivity contribution in [1.29, 1.82) is 0 Å². The summed E-state index contributed by atoms with van der Waals surface area (Å²) in [5.41, 5.74) is 4.21. The van der Waals surface area contributed by atoms with Crippen molar-refractivity contribution in [3.63, 3.8) is 0 Å². The number of nitrogens with zero attached hydrogens (tertiary/aromatic N) is 2. The molecule has 152 valence electrons. The van der Waals surface area contributed by atoms with Gasteiger partial charge in [0.05, 0.1) is 18.8 Å². The van der Waals surface area contributed by atoms with Crippen molar-refractivity contribution in [2.45, 2.75) is 33.9 Å². The first-order chi connectivity index (χ1) is 14.1. The number of amides is 1. The molecule has 0 bridgehead atoms.